The molecule has 174 valence electrons. The number of nitrogens with one attached hydrogen (secondary N) is 1. The van der Waals surface area contributed by atoms with Crippen LogP contribution in [0.25, 0.3) is 16.6 Å². The first kappa shape index (κ1) is 22.1. The van der Waals surface area contributed by atoms with Crippen LogP contribution in [-0.2, 0) is 4.79 Å². The van der Waals surface area contributed by atoms with E-state index in [-0.39, 0.29) is 29.0 Å². The molecule has 0 unspecified atom stereocenters. The van der Waals surface area contributed by atoms with Crippen molar-refractivity contribution in [3.63, 3.8) is 0 Å². The van der Waals surface area contributed by atoms with Crippen molar-refractivity contribution >= 4 is 16.8 Å². The average Bonchev–Trinajstić information content (AvgIpc) is 3.44. The van der Waals surface area contributed by atoms with E-state index in [1.165, 1.54) is 24.3 Å². The van der Waals surface area contributed by atoms with E-state index in [0.717, 1.165) is 29.4 Å². The summed E-state index contributed by atoms with van der Waals surface area (Å²) < 4.78 is 35.4. The minimum absolute atomic E-state index is 0.0129. The summed E-state index contributed by atoms with van der Waals surface area (Å²) in [5, 5.41) is 8.32. The van der Waals surface area contributed by atoms with Crippen molar-refractivity contribution < 1.29 is 18.3 Å². The Labute approximate surface area is 196 Å². The first-order valence-electron chi connectivity index (χ1n) is 11.3. The standard InChI is InChI=1S/C27H25F2N3O2/c1-17(31-26(33)27(2)12-13-27)25(18-4-3-5-21(29)14-18)34-23-10-11-24-19(15-23)16-30-32(24)22-8-6-20(28)7-9-22/h3-11,14-17,25H,12-13H2,1-2H3,(H,31,33)/t17-,25+/m0/s1. The van der Waals surface area contributed by atoms with Gasteiger partial charge in [-0.3, -0.25) is 4.79 Å². The summed E-state index contributed by atoms with van der Waals surface area (Å²) >= 11 is 0. The molecule has 1 amide bonds. The minimum Gasteiger partial charge on any atom is -0.484 e. The maximum Gasteiger partial charge on any atom is 0.226 e. The highest BCUT2D eigenvalue weighted by atomic mass is 19.1. The predicted octanol–water partition coefficient (Wildman–Crippen LogP) is 5.73. The van der Waals surface area contributed by atoms with E-state index in [9.17, 15) is 13.6 Å². The summed E-state index contributed by atoms with van der Waals surface area (Å²) in [7, 11) is 0. The van der Waals surface area contributed by atoms with Crippen LogP contribution in [0.15, 0.2) is 72.9 Å². The normalized spacial score (nSPS) is 16.1. The van der Waals surface area contributed by atoms with Gasteiger partial charge in [-0.1, -0.05) is 19.1 Å². The Bertz CT molecular complexity index is 1350. The Morgan fingerprint density at radius 2 is 1.82 bits per heavy atom. The van der Waals surface area contributed by atoms with Gasteiger partial charge in [0.1, 0.15) is 23.5 Å². The van der Waals surface area contributed by atoms with E-state index in [1.54, 1.807) is 35.1 Å². The highest BCUT2D eigenvalue weighted by molar-refractivity contribution is 5.85. The Hall–Kier alpha value is -3.74. The van der Waals surface area contributed by atoms with Gasteiger partial charge in [0.25, 0.3) is 0 Å². The molecule has 1 aromatic heterocycles. The number of fused-ring (bicyclic) bond motifs is 1. The van der Waals surface area contributed by atoms with Crippen LogP contribution in [-0.4, -0.2) is 21.7 Å². The smallest absolute Gasteiger partial charge is 0.226 e. The monoisotopic (exact) mass is 461 g/mol. The summed E-state index contributed by atoms with van der Waals surface area (Å²) in [5.74, 6) is -0.119. The number of hydrogen-bond acceptors (Lipinski definition) is 3. The number of nitrogens with zero attached hydrogens (tertiary/aromatic N) is 2. The number of rotatable bonds is 7. The van der Waals surface area contributed by atoms with Crippen molar-refractivity contribution in [3.05, 3.63) is 90.1 Å². The zero-order valence-corrected chi connectivity index (χ0v) is 19.0. The second kappa shape index (κ2) is 8.56. The van der Waals surface area contributed by atoms with E-state index < -0.39 is 6.10 Å². The number of carbonyl (C=O) groups is 1. The average molecular weight is 462 g/mol. The minimum atomic E-state index is -0.591. The summed E-state index contributed by atoms with van der Waals surface area (Å²) in [4.78, 5) is 12.7. The Kier molecular flexibility index (Phi) is 5.55. The van der Waals surface area contributed by atoms with Gasteiger partial charge in [0.15, 0.2) is 0 Å². The lowest BCUT2D eigenvalue weighted by atomic mass is 10.0. The molecule has 3 aromatic carbocycles. The first-order chi connectivity index (χ1) is 16.3. The highest BCUT2D eigenvalue weighted by Crippen LogP contribution is 2.45. The third-order valence-corrected chi connectivity index (χ3v) is 6.41. The van der Waals surface area contributed by atoms with Gasteiger partial charge in [0.2, 0.25) is 5.91 Å². The fraction of sp³-hybridized carbons (Fsp3) is 0.259. The number of aromatic nitrogens is 2. The number of hydrogen-bond donors (Lipinski definition) is 1. The van der Waals surface area contributed by atoms with Crippen molar-refractivity contribution in [2.45, 2.75) is 38.8 Å². The third-order valence-electron chi connectivity index (χ3n) is 6.41. The second-order valence-corrected chi connectivity index (χ2v) is 9.17. The SMILES string of the molecule is C[C@H](NC(=O)C1(C)CC1)[C@@H](Oc1ccc2c(cnn2-c2ccc(F)cc2)c1)c1cccc(F)c1. The van der Waals surface area contributed by atoms with Crippen molar-refractivity contribution in [1.29, 1.82) is 0 Å². The quantitative estimate of drug-likeness (QED) is 0.383. The summed E-state index contributed by atoms with van der Waals surface area (Å²) in [5.41, 5.74) is 1.89. The molecular formula is C27H25F2N3O2. The summed E-state index contributed by atoms with van der Waals surface area (Å²) in [6.45, 7) is 3.81. The lowest BCUT2D eigenvalue weighted by molar-refractivity contribution is -0.127. The van der Waals surface area contributed by atoms with Crippen molar-refractivity contribution in [3.8, 4) is 11.4 Å². The number of carbonyl (C=O) groups excluding carboxylic acids is 1. The van der Waals surface area contributed by atoms with Crippen LogP contribution in [0.4, 0.5) is 8.78 Å². The van der Waals surface area contributed by atoms with Gasteiger partial charge < -0.3 is 10.1 Å². The summed E-state index contributed by atoms with van der Waals surface area (Å²) in [6.07, 6.45) is 2.85. The van der Waals surface area contributed by atoms with Crippen LogP contribution < -0.4 is 10.1 Å². The van der Waals surface area contributed by atoms with E-state index >= 15 is 0 Å². The van der Waals surface area contributed by atoms with Gasteiger partial charge in [-0.2, -0.15) is 5.10 Å². The molecule has 34 heavy (non-hydrogen) atoms. The molecular weight excluding hydrogens is 436 g/mol. The third kappa shape index (κ3) is 4.38. The van der Waals surface area contributed by atoms with Gasteiger partial charge in [-0.15, -0.1) is 0 Å². The zero-order valence-electron chi connectivity index (χ0n) is 19.0. The fourth-order valence-corrected chi connectivity index (χ4v) is 4.03. The molecule has 0 saturated heterocycles. The van der Waals surface area contributed by atoms with E-state index in [1.807, 2.05) is 32.0 Å². The maximum absolute atomic E-state index is 14.0. The van der Waals surface area contributed by atoms with Gasteiger partial charge in [-0.05, 0) is 79.9 Å². The highest BCUT2D eigenvalue weighted by Gasteiger charge is 2.45. The van der Waals surface area contributed by atoms with E-state index in [0.29, 0.717) is 11.3 Å². The maximum atomic E-state index is 14.0. The van der Waals surface area contributed by atoms with Gasteiger partial charge in [0.05, 0.1) is 23.4 Å². The lowest BCUT2D eigenvalue weighted by Gasteiger charge is -2.27. The predicted molar refractivity (Wildman–Crippen MR) is 126 cm³/mol. The fourth-order valence-electron chi connectivity index (χ4n) is 4.03. The number of ether oxygens (including phenoxy) is 1. The van der Waals surface area contributed by atoms with Crippen molar-refractivity contribution in [1.82, 2.24) is 15.1 Å². The van der Waals surface area contributed by atoms with Crippen LogP contribution in [0.2, 0.25) is 0 Å². The molecule has 1 N–H and O–H groups in total. The molecule has 5 rings (SSSR count). The molecule has 2 atom stereocenters. The Morgan fingerprint density at radius 3 is 2.53 bits per heavy atom. The molecule has 0 bridgehead atoms. The molecule has 1 fully saturated rings. The van der Waals surface area contributed by atoms with Gasteiger partial charge in [0, 0.05) is 10.8 Å². The molecule has 1 heterocycles. The number of benzene rings is 3. The van der Waals surface area contributed by atoms with Crippen LogP contribution in [0.1, 0.15) is 38.4 Å². The van der Waals surface area contributed by atoms with Crippen molar-refractivity contribution in [2.24, 2.45) is 5.41 Å². The molecule has 7 heteroatoms. The Morgan fingerprint density at radius 1 is 1.06 bits per heavy atom. The molecule has 1 saturated carbocycles. The molecule has 0 aliphatic heterocycles. The lowest BCUT2D eigenvalue weighted by Crippen LogP contribution is -2.42. The number of amides is 1. The molecule has 1 aliphatic rings. The van der Waals surface area contributed by atoms with Gasteiger partial charge in [-0.25, -0.2) is 13.5 Å². The topological polar surface area (TPSA) is 56.1 Å². The second-order valence-electron chi connectivity index (χ2n) is 9.17. The van der Waals surface area contributed by atoms with E-state index in [2.05, 4.69) is 10.4 Å². The van der Waals surface area contributed by atoms with Crippen molar-refractivity contribution in [2.75, 3.05) is 0 Å². The molecule has 5 nitrogen and oxygen atoms in total. The van der Waals surface area contributed by atoms with Crippen LogP contribution >= 0.6 is 0 Å². The first-order valence-corrected chi connectivity index (χ1v) is 11.3. The molecule has 1 aliphatic carbocycles. The van der Waals surface area contributed by atoms with Crippen LogP contribution in [0.3, 0.4) is 0 Å². The van der Waals surface area contributed by atoms with E-state index in [4.69, 9.17) is 4.74 Å². The largest absolute Gasteiger partial charge is 0.484 e. The molecule has 0 radical (unpaired) electrons. The molecule has 4 aromatic rings. The summed E-state index contributed by atoms with van der Waals surface area (Å²) in [6, 6.07) is 17.5. The van der Waals surface area contributed by atoms with Crippen LogP contribution in [0, 0.1) is 17.0 Å². The number of halogens is 2. The van der Waals surface area contributed by atoms with Crippen LogP contribution in [0.5, 0.6) is 5.75 Å². The van der Waals surface area contributed by atoms with Gasteiger partial charge >= 0.3 is 0 Å². The Balaban J connectivity index is 1.43. The zero-order chi connectivity index (χ0) is 23.9. The molecule has 0 spiro atoms.